The standard InChI is InChI=1S/C12H25N3O4/c1-3-15(4-2)8-5-7-13-12(19)14-10(6-9-16)11(17)18/h10,16H,3-9H2,1-2H3,(H,17,18)(H2,13,14,19)/t10-/m0/s1. The number of aliphatic hydroxyl groups excluding tert-OH is 1. The molecule has 19 heavy (non-hydrogen) atoms. The molecule has 0 spiro atoms. The van der Waals surface area contributed by atoms with E-state index in [1.807, 2.05) is 0 Å². The molecule has 7 nitrogen and oxygen atoms in total. The molecule has 112 valence electrons. The summed E-state index contributed by atoms with van der Waals surface area (Å²) in [6, 6.07) is -1.56. The van der Waals surface area contributed by atoms with Gasteiger partial charge in [0.1, 0.15) is 6.04 Å². The van der Waals surface area contributed by atoms with Crippen LogP contribution in [0.4, 0.5) is 4.79 Å². The van der Waals surface area contributed by atoms with Crippen molar-refractivity contribution in [1.29, 1.82) is 0 Å². The summed E-state index contributed by atoms with van der Waals surface area (Å²) in [5, 5.41) is 22.4. The molecule has 0 aromatic heterocycles. The molecule has 0 rings (SSSR count). The lowest BCUT2D eigenvalue weighted by Crippen LogP contribution is -2.46. The molecule has 7 heteroatoms. The van der Waals surface area contributed by atoms with Crippen LogP contribution in [0.1, 0.15) is 26.7 Å². The molecule has 0 aromatic rings. The molecule has 0 unspecified atom stereocenters. The van der Waals surface area contributed by atoms with Gasteiger partial charge in [0, 0.05) is 19.6 Å². The van der Waals surface area contributed by atoms with Crippen molar-refractivity contribution in [3.8, 4) is 0 Å². The molecule has 0 saturated heterocycles. The van der Waals surface area contributed by atoms with Crippen molar-refractivity contribution in [2.45, 2.75) is 32.7 Å². The number of carboxylic acid groups (broad SMARTS) is 1. The van der Waals surface area contributed by atoms with Crippen LogP contribution < -0.4 is 10.6 Å². The van der Waals surface area contributed by atoms with Gasteiger partial charge in [0.25, 0.3) is 0 Å². The van der Waals surface area contributed by atoms with Crippen LogP contribution in [0.25, 0.3) is 0 Å². The molecule has 0 aliphatic carbocycles. The Morgan fingerprint density at radius 3 is 2.37 bits per heavy atom. The fourth-order valence-electron chi connectivity index (χ4n) is 1.64. The van der Waals surface area contributed by atoms with Crippen molar-refractivity contribution >= 4 is 12.0 Å². The third-order valence-corrected chi connectivity index (χ3v) is 2.85. The maximum absolute atomic E-state index is 11.4. The Bertz CT molecular complexity index is 270. The second-order valence-corrected chi connectivity index (χ2v) is 4.18. The van der Waals surface area contributed by atoms with Crippen LogP contribution in [0.5, 0.6) is 0 Å². The van der Waals surface area contributed by atoms with E-state index in [0.717, 1.165) is 26.1 Å². The van der Waals surface area contributed by atoms with Crippen LogP contribution in [0.15, 0.2) is 0 Å². The number of aliphatic hydroxyl groups is 1. The lowest BCUT2D eigenvalue weighted by Gasteiger charge is -2.18. The normalized spacial score (nSPS) is 12.2. The highest BCUT2D eigenvalue weighted by Crippen LogP contribution is 1.92. The quantitative estimate of drug-likeness (QED) is 0.415. The van der Waals surface area contributed by atoms with E-state index in [2.05, 4.69) is 29.4 Å². The fourth-order valence-corrected chi connectivity index (χ4v) is 1.64. The number of nitrogens with zero attached hydrogens (tertiary/aromatic N) is 1. The number of rotatable bonds is 10. The van der Waals surface area contributed by atoms with Gasteiger partial charge in [-0.05, 0) is 26.1 Å². The predicted octanol–water partition coefficient (Wildman–Crippen LogP) is -0.147. The van der Waals surface area contributed by atoms with Crippen LogP contribution in [0.3, 0.4) is 0 Å². The highest BCUT2D eigenvalue weighted by molar-refractivity contribution is 5.82. The molecular formula is C12H25N3O4. The summed E-state index contributed by atoms with van der Waals surface area (Å²) in [6.07, 6.45) is 0.815. The Kier molecular flexibility index (Phi) is 9.82. The van der Waals surface area contributed by atoms with Crippen molar-refractivity contribution in [1.82, 2.24) is 15.5 Å². The van der Waals surface area contributed by atoms with Gasteiger partial charge in [0.05, 0.1) is 0 Å². The van der Waals surface area contributed by atoms with Gasteiger partial charge in [-0.3, -0.25) is 0 Å². The first kappa shape index (κ1) is 17.7. The van der Waals surface area contributed by atoms with Gasteiger partial charge >= 0.3 is 12.0 Å². The highest BCUT2D eigenvalue weighted by Gasteiger charge is 2.18. The van der Waals surface area contributed by atoms with E-state index in [4.69, 9.17) is 10.2 Å². The highest BCUT2D eigenvalue weighted by atomic mass is 16.4. The summed E-state index contributed by atoms with van der Waals surface area (Å²) in [7, 11) is 0. The predicted molar refractivity (Wildman–Crippen MR) is 72.1 cm³/mol. The summed E-state index contributed by atoms with van der Waals surface area (Å²) >= 11 is 0. The van der Waals surface area contributed by atoms with Gasteiger partial charge in [-0.15, -0.1) is 0 Å². The molecular weight excluding hydrogens is 250 g/mol. The number of hydrogen-bond donors (Lipinski definition) is 4. The van der Waals surface area contributed by atoms with Gasteiger partial charge in [0.2, 0.25) is 0 Å². The number of carbonyl (C=O) groups is 2. The third-order valence-electron chi connectivity index (χ3n) is 2.85. The Morgan fingerprint density at radius 1 is 1.26 bits per heavy atom. The molecule has 1 atom stereocenters. The molecule has 0 heterocycles. The van der Waals surface area contributed by atoms with Crippen LogP contribution in [0.2, 0.25) is 0 Å². The van der Waals surface area contributed by atoms with E-state index in [9.17, 15) is 9.59 Å². The van der Waals surface area contributed by atoms with E-state index in [-0.39, 0.29) is 13.0 Å². The number of carbonyl (C=O) groups excluding carboxylic acids is 1. The van der Waals surface area contributed by atoms with E-state index in [1.54, 1.807) is 0 Å². The molecule has 0 bridgehead atoms. The van der Waals surface area contributed by atoms with Crippen LogP contribution in [-0.4, -0.2) is 65.9 Å². The minimum absolute atomic E-state index is 0.00218. The van der Waals surface area contributed by atoms with Gasteiger partial charge in [-0.1, -0.05) is 13.8 Å². The topological polar surface area (TPSA) is 102 Å². The van der Waals surface area contributed by atoms with E-state index < -0.39 is 18.0 Å². The minimum Gasteiger partial charge on any atom is -0.480 e. The lowest BCUT2D eigenvalue weighted by molar-refractivity contribution is -0.139. The molecule has 4 N–H and O–H groups in total. The average Bonchev–Trinajstić information content (AvgIpc) is 2.38. The Balaban J connectivity index is 3.82. The first-order chi connectivity index (χ1) is 9.04. The monoisotopic (exact) mass is 275 g/mol. The summed E-state index contributed by atoms with van der Waals surface area (Å²) in [4.78, 5) is 24.4. The molecule has 0 aromatic carbocycles. The first-order valence-corrected chi connectivity index (χ1v) is 6.65. The minimum atomic E-state index is -1.15. The van der Waals surface area contributed by atoms with Gasteiger partial charge in [0.15, 0.2) is 0 Å². The van der Waals surface area contributed by atoms with Crippen molar-refractivity contribution in [2.75, 3.05) is 32.8 Å². The molecule has 0 radical (unpaired) electrons. The zero-order chi connectivity index (χ0) is 14.7. The van der Waals surface area contributed by atoms with E-state index >= 15 is 0 Å². The van der Waals surface area contributed by atoms with E-state index in [1.165, 1.54) is 0 Å². The lowest BCUT2D eigenvalue weighted by atomic mass is 10.2. The van der Waals surface area contributed by atoms with Crippen LogP contribution >= 0.6 is 0 Å². The maximum atomic E-state index is 11.4. The first-order valence-electron chi connectivity index (χ1n) is 6.65. The second-order valence-electron chi connectivity index (χ2n) is 4.18. The average molecular weight is 275 g/mol. The number of hydrogen-bond acceptors (Lipinski definition) is 4. The number of aliphatic carboxylic acids is 1. The second kappa shape index (κ2) is 10.6. The number of amides is 2. The van der Waals surface area contributed by atoms with Crippen LogP contribution in [0, 0.1) is 0 Å². The summed E-state index contributed by atoms with van der Waals surface area (Å²) in [5.74, 6) is -1.15. The largest absolute Gasteiger partial charge is 0.480 e. The number of carboxylic acids is 1. The zero-order valence-corrected chi connectivity index (χ0v) is 11.7. The summed E-state index contributed by atoms with van der Waals surface area (Å²) in [6.45, 7) is 7.21. The number of urea groups is 1. The van der Waals surface area contributed by atoms with Gasteiger partial charge in [-0.25, -0.2) is 9.59 Å². The van der Waals surface area contributed by atoms with Crippen molar-refractivity contribution in [3.05, 3.63) is 0 Å². The van der Waals surface area contributed by atoms with Crippen molar-refractivity contribution in [3.63, 3.8) is 0 Å². The zero-order valence-electron chi connectivity index (χ0n) is 11.7. The van der Waals surface area contributed by atoms with Gasteiger partial charge in [-0.2, -0.15) is 0 Å². The van der Waals surface area contributed by atoms with Crippen LogP contribution in [-0.2, 0) is 4.79 Å². The molecule has 0 fully saturated rings. The van der Waals surface area contributed by atoms with Crippen molar-refractivity contribution in [2.24, 2.45) is 0 Å². The number of nitrogens with one attached hydrogen (secondary N) is 2. The SMILES string of the molecule is CCN(CC)CCCNC(=O)N[C@@H](CCO)C(=O)O. The molecule has 0 aliphatic rings. The summed E-state index contributed by atoms with van der Waals surface area (Å²) < 4.78 is 0. The van der Waals surface area contributed by atoms with Crippen molar-refractivity contribution < 1.29 is 19.8 Å². The fraction of sp³-hybridized carbons (Fsp3) is 0.833. The van der Waals surface area contributed by atoms with E-state index in [0.29, 0.717) is 6.54 Å². The van der Waals surface area contributed by atoms with Gasteiger partial charge < -0.3 is 25.7 Å². The maximum Gasteiger partial charge on any atom is 0.326 e. The molecule has 0 aliphatic heterocycles. The Morgan fingerprint density at radius 2 is 1.89 bits per heavy atom. The smallest absolute Gasteiger partial charge is 0.326 e. The molecule has 2 amide bonds. The third kappa shape index (κ3) is 8.39. The Labute approximate surface area is 114 Å². The molecule has 0 saturated carbocycles. The summed E-state index contributed by atoms with van der Waals surface area (Å²) in [5.41, 5.74) is 0. The Hall–Kier alpha value is -1.34.